The van der Waals surface area contributed by atoms with Gasteiger partial charge in [0.25, 0.3) is 0 Å². The summed E-state index contributed by atoms with van der Waals surface area (Å²) in [6, 6.07) is 12.3. The van der Waals surface area contributed by atoms with Crippen LogP contribution in [0.25, 0.3) is 0 Å². The molecule has 0 aliphatic rings. The van der Waals surface area contributed by atoms with Crippen LogP contribution in [0, 0.1) is 5.82 Å². The third kappa shape index (κ3) is 3.30. The molecule has 0 aromatic heterocycles. The van der Waals surface area contributed by atoms with Crippen LogP contribution in [0.1, 0.15) is 24.2 Å². The average Bonchev–Trinajstić information content (AvgIpc) is 2.37. The molecule has 106 valence electrons. The molecule has 0 aliphatic carbocycles. The highest BCUT2D eigenvalue weighted by molar-refractivity contribution is 6.30. The van der Waals surface area contributed by atoms with Crippen molar-refractivity contribution in [3.05, 3.63) is 64.4 Å². The van der Waals surface area contributed by atoms with Gasteiger partial charge in [0, 0.05) is 29.9 Å². The van der Waals surface area contributed by atoms with Crippen molar-refractivity contribution in [3.63, 3.8) is 0 Å². The standard InChI is InChI=1S/C16H17ClFNO/c1-11(20)16-14(18)7-4-8-15(16)19(2)10-12-5-3-6-13(17)9-12/h3-9,11,20H,10H2,1-2H3/t11-/m1/s1. The van der Waals surface area contributed by atoms with Gasteiger partial charge in [-0.15, -0.1) is 0 Å². The maximum atomic E-state index is 13.9. The monoisotopic (exact) mass is 293 g/mol. The van der Waals surface area contributed by atoms with Crippen LogP contribution in [0.5, 0.6) is 0 Å². The number of anilines is 1. The highest BCUT2D eigenvalue weighted by Gasteiger charge is 2.16. The fraction of sp³-hybridized carbons (Fsp3) is 0.250. The summed E-state index contributed by atoms with van der Waals surface area (Å²) in [7, 11) is 1.86. The van der Waals surface area contributed by atoms with Crippen LogP contribution >= 0.6 is 11.6 Å². The van der Waals surface area contributed by atoms with Crippen molar-refractivity contribution in [2.45, 2.75) is 19.6 Å². The van der Waals surface area contributed by atoms with Gasteiger partial charge in [-0.3, -0.25) is 0 Å². The maximum Gasteiger partial charge on any atom is 0.131 e. The average molecular weight is 294 g/mol. The van der Waals surface area contributed by atoms with Gasteiger partial charge in [-0.05, 0) is 36.8 Å². The molecule has 2 nitrogen and oxygen atoms in total. The van der Waals surface area contributed by atoms with E-state index >= 15 is 0 Å². The molecule has 0 fully saturated rings. The number of aliphatic hydroxyl groups is 1. The van der Waals surface area contributed by atoms with Gasteiger partial charge in [0.2, 0.25) is 0 Å². The topological polar surface area (TPSA) is 23.5 Å². The SMILES string of the molecule is C[C@@H](O)c1c(F)cccc1N(C)Cc1cccc(Cl)c1. The Kier molecular flexibility index (Phi) is 4.63. The first-order chi connectivity index (χ1) is 9.49. The lowest BCUT2D eigenvalue weighted by molar-refractivity contribution is 0.194. The first-order valence-corrected chi connectivity index (χ1v) is 6.79. The number of hydrogen-bond acceptors (Lipinski definition) is 2. The fourth-order valence-corrected chi connectivity index (χ4v) is 2.48. The van der Waals surface area contributed by atoms with E-state index in [1.165, 1.54) is 6.07 Å². The molecule has 0 saturated heterocycles. The number of benzene rings is 2. The Hall–Kier alpha value is -1.58. The van der Waals surface area contributed by atoms with E-state index in [9.17, 15) is 9.50 Å². The van der Waals surface area contributed by atoms with Gasteiger partial charge in [0.05, 0.1) is 6.10 Å². The summed E-state index contributed by atoms with van der Waals surface area (Å²) in [6.45, 7) is 2.15. The van der Waals surface area contributed by atoms with E-state index in [4.69, 9.17) is 11.6 Å². The molecule has 2 aromatic carbocycles. The molecule has 2 aromatic rings. The maximum absolute atomic E-state index is 13.9. The van der Waals surface area contributed by atoms with Gasteiger partial charge < -0.3 is 10.0 Å². The molecule has 0 radical (unpaired) electrons. The number of aliphatic hydroxyl groups excluding tert-OH is 1. The van der Waals surface area contributed by atoms with Gasteiger partial charge in [-0.25, -0.2) is 4.39 Å². The molecule has 1 N–H and O–H groups in total. The molecular formula is C16H17ClFNO. The Morgan fingerprint density at radius 1 is 1.25 bits per heavy atom. The molecule has 2 rings (SSSR count). The van der Waals surface area contributed by atoms with Crippen LogP contribution < -0.4 is 4.90 Å². The van der Waals surface area contributed by atoms with Gasteiger partial charge in [0.1, 0.15) is 5.82 Å². The number of nitrogens with zero attached hydrogens (tertiary/aromatic N) is 1. The van der Waals surface area contributed by atoms with Crippen molar-refractivity contribution < 1.29 is 9.50 Å². The van der Waals surface area contributed by atoms with Crippen molar-refractivity contribution in [2.24, 2.45) is 0 Å². The van der Waals surface area contributed by atoms with Crippen LogP contribution in [0.3, 0.4) is 0 Å². The van der Waals surface area contributed by atoms with Gasteiger partial charge in [-0.2, -0.15) is 0 Å². The van der Waals surface area contributed by atoms with E-state index in [-0.39, 0.29) is 0 Å². The molecule has 1 atom stereocenters. The highest BCUT2D eigenvalue weighted by Crippen LogP contribution is 2.29. The van der Waals surface area contributed by atoms with Gasteiger partial charge >= 0.3 is 0 Å². The summed E-state index contributed by atoms with van der Waals surface area (Å²) < 4.78 is 13.9. The van der Waals surface area contributed by atoms with Crippen LogP contribution in [-0.2, 0) is 6.54 Å². The van der Waals surface area contributed by atoms with Crippen molar-refractivity contribution in [1.82, 2.24) is 0 Å². The van der Waals surface area contributed by atoms with Crippen LogP contribution in [0.4, 0.5) is 10.1 Å². The van der Waals surface area contributed by atoms with E-state index in [1.54, 1.807) is 19.1 Å². The predicted molar refractivity (Wildman–Crippen MR) is 80.6 cm³/mol. The minimum Gasteiger partial charge on any atom is -0.389 e. The Bertz CT molecular complexity index is 601. The van der Waals surface area contributed by atoms with Gasteiger partial charge in [-0.1, -0.05) is 29.8 Å². The third-order valence-electron chi connectivity index (χ3n) is 3.17. The summed E-state index contributed by atoms with van der Waals surface area (Å²) in [5.74, 6) is -0.393. The lowest BCUT2D eigenvalue weighted by Crippen LogP contribution is -2.19. The predicted octanol–water partition coefficient (Wildman–Crippen LogP) is 4.17. The van der Waals surface area contributed by atoms with E-state index < -0.39 is 11.9 Å². The largest absolute Gasteiger partial charge is 0.389 e. The van der Waals surface area contributed by atoms with Crippen molar-refractivity contribution in [3.8, 4) is 0 Å². The Morgan fingerprint density at radius 3 is 2.60 bits per heavy atom. The lowest BCUT2D eigenvalue weighted by atomic mass is 10.1. The number of rotatable bonds is 4. The van der Waals surface area contributed by atoms with Crippen LogP contribution in [0.15, 0.2) is 42.5 Å². The van der Waals surface area contributed by atoms with E-state index in [2.05, 4.69) is 0 Å². The fourth-order valence-electron chi connectivity index (χ4n) is 2.27. The minimum atomic E-state index is -0.854. The Balaban J connectivity index is 2.30. The summed E-state index contributed by atoms with van der Waals surface area (Å²) in [5, 5.41) is 10.4. The first kappa shape index (κ1) is 14.8. The quantitative estimate of drug-likeness (QED) is 0.914. The molecule has 0 aliphatic heterocycles. The van der Waals surface area contributed by atoms with Gasteiger partial charge in [0.15, 0.2) is 0 Å². The van der Waals surface area contributed by atoms with Crippen molar-refractivity contribution >= 4 is 17.3 Å². The highest BCUT2D eigenvalue weighted by atomic mass is 35.5. The molecule has 0 spiro atoms. The van der Waals surface area contributed by atoms with Crippen LogP contribution in [-0.4, -0.2) is 12.2 Å². The molecule has 0 saturated carbocycles. The smallest absolute Gasteiger partial charge is 0.131 e. The molecule has 0 amide bonds. The normalized spacial score (nSPS) is 12.2. The second-order valence-electron chi connectivity index (χ2n) is 4.83. The summed E-state index contributed by atoms with van der Waals surface area (Å²) in [4.78, 5) is 1.90. The number of hydrogen-bond donors (Lipinski definition) is 1. The van der Waals surface area contributed by atoms with E-state index in [1.807, 2.05) is 36.2 Å². The molecule has 20 heavy (non-hydrogen) atoms. The second kappa shape index (κ2) is 6.25. The number of halogens is 2. The second-order valence-corrected chi connectivity index (χ2v) is 5.27. The zero-order valence-electron chi connectivity index (χ0n) is 11.5. The van der Waals surface area contributed by atoms with E-state index in [0.29, 0.717) is 22.8 Å². The molecule has 0 heterocycles. The zero-order chi connectivity index (χ0) is 14.7. The van der Waals surface area contributed by atoms with Crippen molar-refractivity contribution in [1.29, 1.82) is 0 Å². The molecule has 0 unspecified atom stereocenters. The summed E-state index contributed by atoms with van der Waals surface area (Å²) in [6.07, 6.45) is -0.854. The lowest BCUT2D eigenvalue weighted by Gasteiger charge is -2.24. The summed E-state index contributed by atoms with van der Waals surface area (Å²) >= 11 is 5.96. The molecular weight excluding hydrogens is 277 g/mol. The molecule has 4 heteroatoms. The summed E-state index contributed by atoms with van der Waals surface area (Å²) in [5.41, 5.74) is 2.03. The first-order valence-electron chi connectivity index (χ1n) is 6.41. The minimum absolute atomic E-state index is 0.317. The third-order valence-corrected chi connectivity index (χ3v) is 3.40. The van der Waals surface area contributed by atoms with E-state index in [0.717, 1.165) is 5.56 Å². The Labute approximate surface area is 123 Å². The van der Waals surface area contributed by atoms with Crippen LogP contribution in [0.2, 0.25) is 5.02 Å². The molecule has 0 bridgehead atoms. The zero-order valence-corrected chi connectivity index (χ0v) is 12.2. The Morgan fingerprint density at radius 2 is 1.95 bits per heavy atom. The van der Waals surface area contributed by atoms with Crippen molar-refractivity contribution in [2.75, 3.05) is 11.9 Å².